The number of hydrogen-bond acceptors (Lipinski definition) is 5. The Morgan fingerprint density at radius 2 is 2.12 bits per heavy atom. The lowest BCUT2D eigenvalue weighted by molar-refractivity contribution is -0.120. The summed E-state index contributed by atoms with van der Waals surface area (Å²) in [5.41, 5.74) is 1.66. The topological polar surface area (TPSA) is 99.8 Å². The minimum absolute atomic E-state index is 0.134. The minimum Gasteiger partial charge on any atom is -0.359 e. The second kappa shape index (κ2) is 7.53. The second-order valence-corrected chi connectivity index (χ2v) is 6.31. The molecule has 0 aliphatic carbocycles. The Bertz CT molecular complexity index is 1020. The third kappa shape index (κ3) is 4.00. The van der Waals surface area contributed by atoms with Crippen LogP contribution in [0.2, 0.25) is 5.02 Å². The van der Waals surface area contributed by atoms with Gasteiger partial charge in [-0.3, -0.25) is 9.59 Å². The van der Waals surface area contributed by atoms with Crippen LogP contribution in [0.5, 0.6) is 0 Å². The number of carbonyl (C=O) groups excluding carboxylic acids is 1. The normalized spacial score (nSPS) is 12.0. The van der Waals surface area contributed by atoms with Crippen LogP contribution in [-0.4, -0.2) is 27.9 Å². The van der Waals surface area contributed by atoms with Gasteiger partial charge >= 0.3 is 0 Å². The Morgan fingerprint density at radius 1 is 1.31 bits per heavy atom. The zero-order chi connectivity index (χ0) is 18.7. The average molecular weight is 372 g/mol. The van der Waals surface area contributed by atoms with Crippen molar-refractivity contribution in [2.24, 2.45) is 0 Å². The molecule has 8 heteroatoms. The van der Waals surface area contributed by atoms with Crippen molar-refractivity contribution < 1.29 is 4.79 Å². The number of fused-ring (bicyclic) bond motifs is 1. The summed E-state index contributed by atoms with van der Waals surface area (Å²) >= 11 is 6.03. The summed E-state index contributed by atoms with van der Waals surface area (Å²) in [5.74, 6) is 0.218. The van der Waals surface area contributed by atoms with Crippen LogP contribution >= 0.6 is 11.6 Å². The predicted molar refractivity (Wildman–Crippen MR) is 101 cm³/mol. The van der Waals surface area contributed by atoms with Crippen molar-refractivity contribution in [3.63, 3.8) is 0 Å². The summed E-state index contributed by atoms with van der Waals surface area (Å²) in [5, 5.41) is 7.10. The number of nitrogens with one attached hydrogen (secondary N) is 3. The number of anilines is 1. The molecule has 0 bridgehead atoms. The standard InChI is InChI=1S/C18H18ClN5O2/c1-10(22-18-21-6-5-13(23-18)9-16(25)20-2)14-8-11-7-12(19)3-4-15(11)24-17(14)26/h3-8,10H,9H2,1-2H3,(H,20,25)(H,24,26)(H,21,22,23)/t10-/m0/s1. The van der Waals surface area contributed by atoms with E-state index in [4.69, 9.17) is 11.6 Å². The van der Waals surface area contributed by atoms with E-state index in [1.807, 2.05) is 6.92 Å². The Labute approximate surface area is 154 Å². The van der Waals surface area contributed by atoms with Crippen molar-refractivity contribution in [3.8, 4) is 0 Å². The van der Waals surface area contributed by atoms with E-state index in [-0.39, 0.29) is 23.9 Å². The number of halogens is 1. The van der Waals surface area contributed by atoms with Crippen molar-refractivity contribution >= 4 is 34.4 Å². The van der Waals surface area contributed by atoms with Crippen molar-refractivity contribution in [2.75, 3.05) is 12.4 Å². The van der Waals surface area contributed by atoms with Crippen LogP contribution in [-0.2, 0) is 11.2 Å². The first kappa shape index (κ1) is 17.9. The van der Waals surface area contributed by atoms with Crippen LogP contribution in [0.3, 0.4) is 0 Å². The zero-order valence-electron chi connectivity index (χ0n) is 14.3. The van der Waals surface area contributed by atoms with Crippen LogP contribution in [0.25, 0.3) is 10.9 Å². The lowest BCUT2D eigenvalue weighted by Crippen LogP contribution is -2.22. The second-order valence-electron chi connectivity index (χ2n) is 5.87. The van der Waals surface area contributed by atoms with Gasteiger partial charge in [-0.25, -0.2) is 9.97 Å². The minimum atomic E-state index is -0.336. The molecule has 3 aromatic rings. The number of aromatic amines is 1. The lowest BCUT2D eigenvalue weighted by atomic mass is 10.1. The molecule has 1 atom stereocenters. The van der Waals surface area contributed by atoms with Crippen LogP contribution in [0, 0.1) is 0 Å². The molecule has 0 radical (unpaired) electrons. The molecule has 1 aromatic carbocycles. The van der Waals surface area contributed by atoms with Gasteiger partial charge in [0.1, 0.15) is 0 Å². The number of hydrogen-bond donors (Lipinski definition) is 3. The summed E-state index contributed by atoms with van der Waals surface area (Å²) < 4.78 is 0. The molecule has 3 rings (SSSR count). The maximum atomic E-state index is 12.4. The summed E-state index contributed by atoms with van der Waals surface area (Å²) in [7, 11) is 1.57. The molecule has 134 valence electrons. The van der Waals surface area contributed by atoms with Crippen molar-refractivity contribution in [1.82, 2.24) is 20.3 Å². The molecule has 2 heterocycles. The van der Waals surface area contributed by atoms with Gasteiger partial charge in [0, 0.05) is 34.7 Å². The van der Waals surface area contributed by atoms with Gasteiger partial charge in [-0.05, 0) is 37.3 Å². The van der Waals surface area contributed by atoms with Gasteiger partial charge in [0.2, 0.25) is 11.9 Å². The molecule has 0 fully saturated rings. The fourth-order valence-electron chi connectivity index (χ4n) is 2.60. The molecule has 7 nitrogen and oxygen atoms in total. The zero-order valence-corrected chi connectivity index (χ0v) is 15.1. The van der Waals surface area contributed by atoms with E-state index >= 15 is 0 Å². The van der Waals surface area contributed by atoms with Crippen LogP contribution in [0.15, 0.2) is 41.3 Å². The third-order valence-electron chi connectivity index (χ3n) is 3.98. The molecule has 2 aromatic heterocycles. The van der Waals surface area contributed by atoms with Crippen molar-refractivity contribution in [1.29, 1.82) is 0 Å². The highest BCUT2D eigenvalue weighted by Crippen LogP contribution is 2.21. The Hall–Kier alpha value is -2.93. The van der Waals surface area contributed by atoms with E-state index in [1.165, 1.54) is 0 Å². The number of H-pyrrole nitrogens is 1. The fourth-order valence-corrected chi connectivity index (χ4v) is 2.78. The molecule has 0 saturated carbocycles. The molecule has 0 saturated heterocycles. The number of likely N-dealkylation sites (N-methyl/N-ethyl adjacent to an activating group) is 1. The summed E-state index contributed by atoms with van der Waals surface area (Å²) in [6.07, 6.45) is 1.74. The smallest absolute Gasteiger partial charge is 0.253 e. The van der Waals surface area contributed by atoms with Crippen molar-refractivity contribution in [3.05, 3.63) is 63.2 Å². The van der Waals surface area contributed by atoms with E-state index in [1.54, 1.807) is 43.6 Å². The van der Waals surface area contributed by atoms with Crippen LogP contribution < -0.4 is 16.2 Å². The average Bonchev–Trinajstić information content (AvgIpc) is 2.61. The largest absolute Gasteiger partial charge is 0.359 e. The first-order valence-electron chi connectivity index (χ1n) is 8.08. The molecular weight excluding hydrogens is 354 g/mol. The number of rotatable bonds is 5. The maximum absolute atomic E-state index is 12.4. The van der Waals surface area contributed by atoms with E-state index in [0.29, 0.717) is 22.2 Å². The Morgan fingerprint density at radius 3 is 2.88 bits per heavy atom. The Balaban J connectivity index is 1.86. The maximum Gasteiger partial charge on any atom is 0.253 e. The van der Waals surface area contributed by atoms with Gasteiger partial charge in [-0.2, -0.15) is 0 Å². The highest BCUT2D eigenvalue weighted by Gasteiger charge is 2.13. The van der Waals surface area contributed by atoms with Gasteiger partial charge in [-0.1, -0.05) is 11.6 Å². The Kier molecular flexibility index (Phi) is 5.18. The number of pyridine rings is 1. The SMILES string of the molecule is CNC(=O)Cc1ccnc(N[C@@H](C)c2cc3cc(Cl)ccc3[nH]c2=O)n1. The highest BCUT2D eigenvalue weighted by molar-refractivity contribution is 6.31. The van der Waals surface area contributed by atoms with E-state index in [0.717, 1.165) is 10.9 Å². The van der Waals surface area contributed by atoms with Gasteiger partial charge in [-0.15, -0.1) is 0 Å². The molecule has 3 N–H and O–H groups in total. The molecular formula is C18H18ClN5O2. The molecule has 0 aliphatic heterocycles. The fraction of sp³-hybridized carbons (Fsp3) is 0.222. The van der Waals surface area contributed by atoms with E-state index < -0.39 is 0 Å². The number of benzene rings is 1. The number of nitrogens with zero attached hydrogens (tertiary/aromatic N) is 2. The summed E-state index contributed by atoms with van der Waals surface area (Å²) in [4.78, 5) is 35.2. The van der Waals surface area contributed by atoms with Gasteiger partial charge in [0.25, 0.3) is 5.56 Å². The first-order chi connectivity index (χ1) is 12.5. The van der Waals surface area contributed by atoms with Gasteiger partial charge in [0.05, 0.1) is 18.2 Å². The molecule has 0 aliphatic rings. The third-order valence-corrected chi connectivity index (χ3v) is 4.22. The van der Waals surface area contributed by atoms with Crippen LogP contribution in [0.1, 0.15) is 24.2 Å². The number of amides is 1. The predicted octanol–water partition coefficient (Wildman–Crippen LogP) is 2.43. The molecule has 0 spiro atoms. The molecule has 0 unspecified atom stereocenters. The monoisotopic (exact) mass is 371 g/mol. The van der Waals surface area contributed by atoms with E-state index in [2.05, 4.69) is 25.6 Å². The highest BCUT2D eigenvalue weighted by atomic mass is 35.5. The molecule has 1 amide bonds. The first-order valence-corrected chi connectivity index (χ1v) is 8.45. The van der Waals surface area contributed by atoms with Gasteiger partial charge in [0.15, 0.2) is 0 Å². The van der Waals surface area contributed by atoms with Gasteiger partial charge < -0.3 is 15.6 Å². The van der Waals surface area contributed by atoms with Crippen molar-refractivity contribution in [2.45, 2.75) is 19.4 Å². The number of carbonyl (C=O) groups is 1. The number of aromatic nitrogens is 3. The van der Waals surface area contributed by atoms with Crippen LogP contribution in [0.4, 0.5) is 5.95 Å². The lowest BCUT2D eigenvalue weighted by Gasteiger charge is -2.14. The summed E-state index contributed by atoms with van der Waals surface area (Å²) in [6, 6.07) is 8.43. The molecule has 26 heavy (non-hydrogen) atoms. The van der Waals surface area contributed by atoms with E-state index in [9.17, 15) is 9.59 Å². The summed E-state index contributed by atoms with van der Waals surface area (Å²) in [6.45, 7) is 1.84. The quantitative estimate of drug-likeness (QED) is 0.639.